The largest absolute Gasteiger partial charge is 0.313 e. The average molecular weight is 403 g/mol. The molecule has 0 radical (unpaired) electrons. The Morgan fingerprint density at radius 3 is 2.56 bits per heavy atom. The zero-order chi connectivity index (χ0) is 17.2. The Morgan fingerprint density at radius 2 is 1.92 bits per heavy atom. The van der Waals surface area contributed by atoms with Crippen LogP contribution in [0.4, 0.5) is 4.39 Å². The first-order valence-corrected chi connectivity index (χ1v) is 10.3. The fraction of sp³-hybridized carbons (Fsp3) is 0.294. The molecule has 136 valence electrons. The molecule has 1 N–H and O–H groups in total. The van der Waals surface area contributed by atoms with Crippen molar-refractivity contribution in [3.8, 4) is 0 Å². The van der Waals surface area contributed by atoms with Crippen molar-refractivity contribution in [1.29, 1.82) is 0 Å². The minimum absolute atomic E-state index is 0. The molecule has 1 atom stereocenters. The molecule has 0 spiro atoms. The first-order chi connectivity index (χ1) is 11.5. The summed E-state index contributed by atoms with van der Waals surface area (Å²) in [5.74, 6) is -0.361. The molecule has 3 rings (SSSR count). The van der Waals surface area contributed by atoms with E-state index >= 15 is 0 Å². The van der Waals surface area contributed by atoms with E-state index in [2.05, 4.69) is 5.32 Å². The zero-order valence-electron chi connectivity index (χ0n) is 13.7. The molecule has 1 aliphatic rings. The lowest BCUT2D eigenvalue weighted by Gasteiger charge is -2.35. The summed E-state index contributed by atoms with van der Waals surface area (Å²) in [5, 5.41) is 3.19. The fourth-order valence-corrected chi connectivity index (χ4v) is 4.88. The van der Waals surface area contributed by atoms with Gasteiger partial charge in [0, 0.05) is 24.5 Å². The molecule has 0 aliphatic carbocycles. The summed E-state index contributed by atoms with van der Waals surface area (Å²) in [6.07, 6.45) is 1.94. The Labute approximate surface area is 158 Å². The molecule has 1 heterocycles. The molecule has 2 aromatic carbocycles. The van der Waals surface area contributed by atoms with Gasteiger partial charge in [0.25, 0.3) is 0 Å². The fourth-order valence-electron chi connectivity index (χ4n) is 2.85. The van der Waals surface area contributed by atoms with Gasteiger partial charge in [-0.1, -0.05) is 12.1 Å². The summed E-state index contributed by atoms with van der Waals surface area (Å²) in [6.45, 7) is 1.40. The molecule has 8 heteroatoms. The van der Waals surface area contributed by atoms with Gasteiger partial charge in [-0.25, -0.2) is 12.8 Å². The van der Waals surface area contributed by atoms with E-state index in [-0.39, 0.29) is 23.1 Å². The molecule has 0 saturated carbocycles. The van der Waals surface area contributed by atoms with Gasteiger partial charge in [-0.05, 0) is 48.2 Å². The normalized spacial score (nSPS) is 18.6. The number of piperazine rings is 1. The smallest absolute Gasteiger partial charge is 0.243 e. The van der Waals surface area contributed by atoms with Gasteiger partial charge in [-0.3, -0.25) is 0 Å². The predicted octanol–water partition coefficient (Wildman–Crippen LogP) is 3.30. The van der Waals surface area contributed by atoms with Crippen LogP contribution in [0.15, 0.2) is 58.3 Å². The topological polar surface area (TPSA) is 49.4 Å². The highest BCUT2D eigenvalue weighted by Crippen LogP contribution is 2.30. The van der Waals surface area contributed by atoms with Crippen LogP contribution < -0.4 is 5.32 Å². The lowest BCUT2D eigenvalue weighted by atomic mass is 10.1. The second-order valence-electron chi connectivity index (χ2n) is 5.57. The predicted molar refractivity (Wildman–Crippen MR) is 101 cm³/mol. The SMILES string of the molecule is CSc1ccc(S(=O)(=O)N2CCNCC2c2cccc(F)c2)cc1.Cl. The summed E-state index contributed by atoms with van der Waals surface area (Å²) in [7, 11) is -3.64. The Morgan fingerprint density at radius 1 is 1.20 bits per heavy atom. The van der Waals surface area contributed by atoms with E-state index < -0.39 is 16.1 Å². The monoisotopic (exact) mass is 402 g/mol. The van der Waals surface area contributed by atoms with Crippen molar-refractivity contribution in [2.45, 2.75) is 15.8 Å². The molecule has 0 bridgehead atoms. The van der Waals surface area contributed by atoms with Crippen LogP contribution in [0.2, 0.25) is 0 Å². The van der Waals surface area contributed by atoms with E-state index in [1.165, 1.54) is 16.4 Å². The first kappa shape index (κ1) is 20.2. The van der Waals surface area contributed by atoms with Crippen molar-refractivity contribution in [2.24, 2.45) is 0 Å². The molecule has 2 aromatic rings. The second kappa shape index (κ2) is 8.51. The molecule has 0 amide bonds. The Bertz CT molecular complexity index is 816. The van der Waals surface area contributed by atoms with Crippen molar-refractivity contribution in [3.63, 3.8) is 0 Å². The maximum absolute atomic E-state index is 13.6. The zero-order valence-corrected chi connectivity index (χ0v) is 16.1. The minimum Gasteiger partial charge on any atom is -0.313 e. The van der Waals surface area contributed by atoms with Crippen LogP contribution in [-0.4, -0.2) is 38.6 Å². The standard InChI is InChI=1S/C17H19FN2O2S2.ClH/c1-23-15-5-7-16(8-6-15)24(21,22)20-10-9-19-12-17(20)13-3-2-4-14(18)11-13;/h2-8,11,17,19H,9-10,12H2,1H3;1H. The maximum atomic E-state index is 13.6. The van der Waals surface area contributed by atoms with Crippen LogP contribution in [0.1, 0.15) is 11.6 Å². The van der Waals surface area contributed by atoms with Gasteiger partial charge >= 0.3 is 0 Å². The van der Waals surface area contributed by atoms with Gasteiger partial charge in [-0.2, -0.15) is 4.31 Å². The number of benzene rings is 2. The molecule has 0 aromatic heterocycles. The summed E-state index contributed by atoms with van der Waals surface area (Å²) >= 11 is 1.56. The summed E-state index contributed by atoms with van der Waals surface area (Å²) in [4.78, 5) is 1.28. The number of rotatable bonds is 4. The number of nitrogens with zero attached hydrogens (tertiary/aromatic N) is 1. The van der Waals surface area contributed by atoms with Crippen molar-refractivity contribution >= 4 is 34.2 Å². The van der Waals surface area contributed by atoms with Gasteiger partial charge in [0.1, 0.15) is 5.82 Å². The van der Waals surface area contributed by atoms with Crippen LogP contribution in [0.5, 0.6) is 0 Å². The lowest BCUT2D eigenvalue weighted by Crippen LogP contribution is -2.48. The summed E-state index contributed by atoms with van der Waals surface area (Å²) < 4.78 is 41.1. The maximum Gasteiger partial charge on any atom is 0.243 e. The van der Waals surface area contributed by atoms with E-state index in [0.29, 0.717) is 25.2 Å². The van der Waals surface area contributed by atoms with E-state index in [9.17, 15) is 12.8 Å². The highest BCUT2D eigenvalue weighted by atomic mass is 35.5. The Kier molecular flexibility index (Phi) is 6.87. The molecule has 25 heavy (non-hydrogen) atoms. The van der Waals surface area contributed by atoms with Crippen LogP contribution in [0.25, 0.3) is 0 Å². The van der Waals surface area contributed by atoms with E-state index in [0.717, 1.165) is 4.90 Å². The number of thioether (sulfide) groups is 1. The molecule has 1 fully saturated rings. The number of halogens is 2. The van der Waals surface area contributed by atoms with E-state index in [1.54, 1.807) is 48.2 Å². The third-order valence-corrected chi connectivity index (χ3v) is 6.76. The number of sulfonamides is 1. The highest BCUT2D eigenvalue weighted by Gasteiger charge is 2.34. The third kappa shape index (κ3) is 4.35. The van der Waals surface area contributed by atoms with Gasteiger partial charge in [-0.15, -0.1) is 24.2 Å². The molecular weight excluding hydrogens is 383 g/mol. The van der Waals surface area contributed by atoms with Crippen molar-refractivity contribution in [3.05, 3.63) is 59.9 Å². The first-order valence-electron chi connectivity index (χ1n) is 7.64. The van der Waals surface area contributed by atoms with Gasteiger partial charge < -0.3 is 5.32 Å². The van der Waals surface area contributed by atoms with Gasteiger partial charge in [0.05, 0.1) is 10.9 Å². The molecule has 4 nitrogen and oxygen atoms in total. The molecule has 1 saturated heterocycles. The van der Waals surface area contributed by atoms with E-state index in [4.69, 9.17) is 0 Å². The Balaban J connectivity index is 0.00000225. The Hall–Kier alpha value is -1.12. The van der Waals surface area contributed by atoms with Gasteiger partial charge in [0.15, 0.2) is 0 Å². The van der Waals surface area contributed by atoms with Crippen LogP contribution in [-0.2, 0) is 10.0 Å². The van der Waals surface area contributed by atoms with Crippen LogP contribution in [0.3, 0.4) is 0 Å². The number of nitrogens with one attached hydrogen (secondary N) is 1. The molecule has 1 aliphatic heterocycles. The molecule has 1 unspecified atom stereocenters. The highest BCUT2D eigenvalue weighted by molar-refractivity contribution is 7.98. The van der Waals surface area contributed by atoms with Gasteiger partial charge in [0.2, 0.25) is 10.0 Å². The van der Waals surface area contributed by atoms with Crippen LogP contribution >= 0.6 is 24.2 Å². The van der Waals surface area contributed by atoms with Crippen molar-refractivity contribution in [2.75, 3.05) is 25.9 Å². The lowest BCUT2D eigenvalue weighted by molar-refractivity contribution is 0.271. The summed E-state index contributed by atoms with van der Waals surface area (Å²) in [5.41, 5.74) is 0.659. The van der Waals surface area contributed by atoms with Crippen molar-refractivity contribution < 1.29 is 12.8 Å². The van der Waals surface area contributed by atoms with E-state index in [1.807, 2.05) is 6.26 Å². The second-order valence-corrected chi connectivity index (χ2v) is 8.34. The average Bonchev–Trinajstić information content (AvgIpc) is 2.62. The number of hydrogen-bond acceptors (Lipinski definition) is 4. The minimum atomic E-state index is -3.64. The number of hydrogen-bond donors (Lipinski definition) is 1. The summed E-state index contributed by atoms with van der Waals surface area (Å²) in [6, 6.07) is 12.6. The molecular formula is C17H20ClFN2O2S2. The third-order valence-electron chi connectivity index (χ3n) is 4.09. The van der Waals surface area contributed by atoms with Crippen LogP contribution in [0, 0.1) is 5.82 Å². The van der Waals surface area contributed by atoms with Crippen molar-refractivity contribution in [1.82, 2.24) is 9.62 Å². The quantitative estimate of drug-likeness (QED) is 0.797.